The summed E-state index contributed by atoms with van der Waals surface area (Å²) in [6.45, 7) is 9.45. The molecule has 2 aliphatic heterocycles. The van der Waals surface area contributed by atoms with Gasteiger partial charge < -0.3 is 15.1 Å². The van der Waals surface area contributed by atoms with Crippen molar-refractivity contribution in [3.63, 3.8) is 0 Å². The third-order valence-electron chi connectivity index (χ3n) is 4.40. The number of hydrogen-bond donors (Lipinski definition) is 1. The van der Waals surface area contributed by atoms with Crippen LogP contribution in [0, 0.1) is 5.92 Å². The van der Waals surface area contributed by atoms with Gasteiger partial charge in [-0.05, 0) is 38.5 Å². The van der Waals surface area contributed by atoms with E-state index in [0.717, 1.165) is 50.5 Å². The fraction of sp³-hybridized carbons (Fsp3) is 0.800. The van der Waals surface area contributed by atoms with Gasteiger partial charge in [0.25, 0.3) is 0 Å². The molecule has 2 saturated heterocycles. The van der Waals surface area contributed by atoms with E-state index in [1.54, 1.807) is 0 Å². The van der Waals surface area contributed by atoms with Crippen molar-refractivity contribution in [3.8, 4) is 0 Å². The van der Waals surface area contributed by atoms with Crippen LogP contribution < -0.4 is 15.1 Å². The Bertz CT molecular complexity index is 463. The highest BCUT2D eigenvalue weighted by Crippen LogP contribution is 2.24. The smallest absolute Gasteiger partial charge is 0.231 e. The van der Waals surface area contributed by atoms with Crippen LogP contribution in [0.3, 0.4) is 0 Å². The van der Waals surface area contributed by atoms with Crippen LogP contribution in [0.5, 0.6) is 0 Å². The van der Waals surface area contributed by atoms with Gasteiger partial charge >= 0.3 is 0 Å². The van der Waals surface area contributed by atoms with Crippen LogP contribution in [0.25, 0.3) is 0 Å². The molecule has 6 nitrogen and oxygen atoms in total. The van der Waals surface area contributed by atoms with Crippen molar-refractivity contribution in [3.05, 3.63) is 0 Å². The molecule has 0 bridgehead atoms. The van der Waals surface area contributed by atoms with Crippen molar-refractivity contribution in [2.45, 2.75) is 39.5 Å². The van der Waals surface area contributed by atoms with Gasteiger partial charge in [-0.2, -0.15) is 15.0 Å². The number of rotatable bonds is 4. The molecule has 0 spiro atoms. The number of aromatic nitrogens is 3. The van der Waals surface area contributed by atoms with Gasteiger partial charge in [0.05, 0.1) is 0 Å². The number of hydrogen-bond acceptors (Lipinski definition) is 6. The molecule has 0 aliphatic carbocycles. The van der Waals surface area contributed by atoms with Crippen molar-refractivity contribution >= 4 is 17.8 Å². The number of nitrogens with one attached hydrogen (secondary N) is 1. The van der Waals surface area contributed by atoms with Gasteiger partial charge in [0.2, 0.25) is 17.8 Å². The largest absolute Gasteiger partial charge is 0.354 e. The van der Waals surface area contributed by atoms with E-state index in [-0.39, 0.29) is 0 Å². The van der Waals surface area contributed by atoms with E-state index in [4.69, 9.17) is 4.98 Å². The second-order valence-corrected chi connectivity index (χ2v) is 6.15. The molecule has 0 amide bonds. The van der Waals surface area contributed by atoms with E-state index in [1.807, 2.05) is 0 Å². The van der Waals surface area contributed by atoms with Crippen LogP contribution in [0.15, 0.2) is 0 Å². The lowest BCUT2D eigenvalue weighted by atomic mass is 10.00. The first kappa shape index (κ1) is 14.4. The Labute approximate surface area is 127 Å². The van der Waals surface area contributed by atoms with Crippen LogP contribution in [0.2, 0.25) is 0 Å². The van der Waals surface area contributed by atoms with Gasteiger partial charge in [-0.25, -0.2) is 0 Å². The molecule has 1 N–H and O–H groups in total. The van der Waals surface area contributed by atoms with Crippen molar-refractivity contribution in [2.24, 2.45) is 5.92 Å². The minimum atomic E-state index is 0.711. The summed E-state index contributed by atoms with van der Waals surface area (Å²) in [5.74, 6) is 3.21. The van der Waals surface area contributed by atoms with Crippen molar-refractivity contribution < 1.29 is 0 Å². The zero-order valence-electron chi connectivity index (χ0n) is 13.2. The van der Waals surface area contributed by atoms with Crippen molar-refractivity contribution in [2.75, 3.05) is 47.8 Å². The Morgan fingerprint density at radius 1 is 0.952 bits per heavy atom. The number of nitrogens with zero attached hydrogens (tertiary/aromatic N) is 5. The zero-order chi connectivity index (χ0) is 14.7. The molecule has 0 saturated carbocycles. The van der Waals surface area contributed by atoms with Gasteiger partial charge in [-0.1, -0.05) is 6.92 Å². The van der Waals surface area contributed by atoms with Crippen LogP contribution in [0.1, 0.15) is 39.5 Å². The van der Waals surface area contributed by atoms with Crippen LogP contribution in [0.4, 0.5) is 17.8 Å². The van der Waals surface area contributed by atoms with Crippen LogP contribution >= 0.6 is 0 Å². The topological polar surface area (TPSA) is 57.2 Å². The summed E-state index contributed by atoms with van der Waals surface area (Å²) in [5, 5.41) is 3.24. The maximum absolute atomic E-state index is 4.74. The van der Waals surface area contributed by atoms with Crippen LogP contribution in [-0.4, -0.2) is 47.7 Å². The molecular weight excluding hydrogens is 264 g/mol. The maximum atomic E-state index is 4.74. The minimum absolute atomic E-state index is 0.711. The van der Waals surface area contributed by atoms with E-state index in [1.165, 1.54) is 25.7 Å². The fourth-order valence-corrected chi connectivity index (χ4v) is 3.00. The predicted octanol–water partition coefficient (Wildman–Crippen LogP) is 2.14. The molecule has 0 radical (unpaired) electrons. The van der Waals surface area contributed by atoms with E-state index >= 15 is 0 Å². The molecular formula is C15H26N6. The summed E-state index contributed by atoms with van der Waals surface area (Å²) in [6.07, 6.45) is 4.92. The molecule has 0 unspecified atom stereocenters. The molecule has 0 atom stereocenters. The highest BCUT2D eigenvalue weighted by molar-refractivity contribution is 5.45. The highest BCUT2D eigenvalue weighted by atomic mass is 15.4. The first-order valence-corrected chi connectivity index (χ1v) is 8.26. The number of anilines is 3. The molecule has 21 heavy (non-hydrogen) atoms. The summed E-state index contributed by atoms with van der Waals surface area (Å²) in [6, 6.07) is 0. The van der Waals surface area contributed by atoms with Gasteiger partial charge in [-0.15, -0.1) is 0 Å². The monoisotopic (exact) mass is 290 g/mol. The SMILES string of the molecule is CCNc1nc(N2CCCC2)nc(N2CCC(C)CC2)n1. The quantitative estimate of drug-likeness (QED) is 0.917. The summed E-state index contributed by atoms with van der Waals surface area (Å²) in [7, 11) is 0. The summed E-state index contributed by atoms with van der Waals surface area (Å²) >= 11 is 0. The lowest BCUT2D eigenvalue weighted by molar-refractivity contribution is 0.434. The second-order valence-electron chi connectivity index (χ2n) is 6.15. The molecule has 1 aromatic heterocycles. The van der Waals surface area contributed by atoms with Crippen molar-refractivity contribution in [1.29, 1.82) is 0 Å². The molecule has 1 aromatic rings. The van der Waals surface area contributed by atoms with Gasteiger partial charge in [0.15, 0.2) is 0 Å². The van der Waals surface area contributed by atoms with E-state index in [2.05, 4.69) is 38.9 Å². The second kappa shape index (κ2) is 6.45. The van der Waals surface area contributed by atoms with Gasteiger partial charge in [0, 0.05) is 32.7 Å². The average Bonchev–Trinajstić information content (AvgIpc) is 3.02. The Kier molecular flexibility index (Phi) is 4.41. The van der Waals surface area contributed by atoms with Gasteiger partial charge in [-0.3, -0.25) is 0 Å². The summed E-state index contributed by atoms with van der Waals surface area (Å²) in [4.78, 5) is 18.5. The lowest BCUT2D eigenvalue weighted by Crippen LogP contribution is -2.35. The van der Waals surface area contributed by atoms with Crippen LogP contribution in [-0.2, 0) is 0 Å². The number of piperidine rings is 1. The molecule has 2 aliphatic rings. The fourth-order valence-electron chi connectivity index (χ4n) is 3.00. The molecule has 116 valence electrons. The first-order chi connectivity index (χ1) is 10.3. The summed E-state index contributed by atoms with van der Waals surface area (Å²) < 4.78 is 0. The van der Waals surface area contributed by atoms with E-state index in [9.17, 15) is 0 Å². The van der Waals surface area contributed by atoms with Gasteiger partial charge in [0.1, 0.15) is 0 Å². The standard InChI is InChI=1S/C15H26N6/c1-3-16-13-17-14(20-8-4-5-9-20)19-15(18-13)21-10-6-12(2)7-11-21/h12H,3-11H2,1-2H3,(H,16,17,18,19). The molecule has 2 fully saturated rings. The molecule has 3 heterocycles. The third kappa shape index (κ3) is 3.36. The first-order valence-electron chi connectivity index (χ1n) is 8.26. The predicted molar refractivity (Wildman–Crippen MR) is 86.0 cm³/mol. The Morgan fingerprint density at radius 3 is 2.10 bits per heavy atom. The maximum Gasteiger partial charge on any atom is 0.231 e. The molecule has 0 aromatic carbocycles. The third-order valence-corrected chi connectivity index (χ3v) is 4.40. The lowest BCUT2D eigenvalue weighted by Gasteiger charge is -2.31. The normalized spacial score (nSPS) is 20.1. The minimum Gasteiger partial charge on any atom is -0.354 e. The highest BCUT2D eigenvalue weighted by Gasteiger charge is 2.22. The molecule has 3 rings (SSSR count). The van der Waals surface area contributed by atoms with E-state index in [0.29, 0.717) is 5.95 Å². The van der Waals surface area contributed by atoms with Crippen molar-refractivity contribution in [1.82, 2.24) is 15.0 Å². The average molecular weight is 290 g/mol. The Hall–Kier alpha value is -1.59. The zero-order valence-corrected chi connectivity index (χ0v) is 13.2. The molecule has 6 heteroatoms. The Balaban J connectivity index is 1.83. The van der Waals surface area contributed by atoms with E-state index < -0.39 is 0 Å². The summed E-state index contributed by atoms with van der Waals surface area (Å²) in [5.41, 5.74) is 0. The Morgan fingerprint density at radius 2 is 1.52 bits per heavy atom.